The Bertz CT molecular complexity index is 940. The first kappa shape index (κ1) is 17.3. The molecule has 4 nitrogen and oxygen atoms in total. The van der Waals surface area contributed by atoms with Gasteiger partial charge in [0, 0.05) is 28.2 Å². The molecule has 1 unspecified atom stereocenters. The molecule has 1 aliphatic carbocycles. The second kappa shape index (κ2) is 7.25. The third kappa shape index (κ3) is 3.41. The Hall–Kier alpha value is -2.11. The van der Waals surface area contributed by atoms with Crippen molar-refractivity contribution in [3.05, 3.63) is 52.0 Å². The van der Waals surface area contributed by atoms with Crippen molar-refractivity contribution in [2.75, 3.05) is 11.9 Å². The van der Waals surface area contributed by atoms with Crippen molar-refractivity contribution >= 4 is 33.1 Å². The zero-order valence-corrected chi connectivity index (χ0v) is 16.1. The molecular formula is C21H25N3OS. The van der Waals surface area contributed by atoms with Crippen LogP contribution in [-0.2, 0) is 12.8 Å². The lowest BCUT2D eigenvalue weighted by atomic mass is 9.91. The molecule has 0 spiro atoms. The van der Waals surface area contributed by atoms with Crippen LogP contribution in [0.4, 0.5) is 5.00 Å². The third-order valence-corrected chi connectivity index (χ3v) is 6.06. The summed E-state index contributed by atoms with van der Waals surface area (Å²) in [6.07, 6.45) is 4.43. The van der Waals surface area contributed by atoms with E-state index >= 15 is 0 Å². The monoisotopic (exact) mass is 367 g/mol. The average molecular weight is 368 g/mol. The molecule has 0 aliphatic heterocycles. The highest BCUT2D eigenvalue weighted by Crippen LogP contribution is 2.30. The zero-order valence-electron chi connectivity index (χ0n) is 15.3. The largest absolute Gasteiger partial charge is 0.358 e. The van der Waals surface area contributed by atoms with Gasteiger partial charge in [0.15, 0.2) is 0 Å². The number of hydrogen-bond acceptors (Lipinski definition) is 3. The van der Waals surface area contributed by atoms with Crippen molar-refractivity contribution in [3.63, 3.8) is 0 Å². The molecule has 0 bridgehead atoms. The van der Waals surface area contributed by atoms with Crippen LogP contribution >= 0.6 is 11.3 Å². The smallest absolute Gasteiger partial charge is 0.256 e. The lowest BCUT2D eigenvalue weighted by molar-refractivity contribution is 0.102. The summed E-state index contributed by atoms with van der Waals surface area (Å²) in [5, 5.41) is 10.8. The molecule has 5 heteroatoms. The molecule has 2 aromatic heterocycles. The fraction of sp³-hybridized carbons (Fsp3) is 0.381. The molecule has 0 fully saturated rings. The van der Waals surface area contributed by atoms with Gasteiger partial charge in [-0.25, -0.2) is 0 Å². The number of aromatic amines is 1. The van der Waals surface area contributed by atoms with Crippen LogP contribution in [0.25, 0.3) is 10.9 Å². The highest BCUT2D eigenvalue weighted by Gasteiger charge is 2.22. The summed E-state index contributed by atoms with van der Waals surface area (Å²) >= 11 is 1.56. The standard InChI is InChI=1S/C21H25N3OS/c1-3-8-22-15-5-7-19-17(11-15)16-10-14(4-6-18(16)23-19)21(25)24-20-9-13(2)12-26-20/h4,6,9-10,12,15,22-23H,3,5,7-8,11H2,1-2H3,(H,24,25). The van der Waals surface area contributed by atoms with Crippen LogP contribution in [0.2, 0.25) is 0 Å². The van der Waals surface area contributed by atoms with Gasteiger partial charge in [0.05, 0.1) is 5.00 Å². The molecule has 0 radical (unpaired) electrons. The fourth-order valence-electron chi connectivity index (χ4n) is 3.76. The number of fused-ring (bicyclic) bond motifs is 3. The fourth-order valence-corrected chi connectivity index (χ4v) is 4.55. The Morgan fingerprint density at radius 1 is 1.35 bits per heavy atom. The van der Waals surface area contributed by atoms with Crippen LogP contribution in [0, 0.1) is 6.92 Å². The van der Waals surface area contributed by atoms with Crippen molar-refractivity contribution in [1.82, 2.24) is 10.3 Å². The molecule has 0 saturated carbocycles. The minimum Gasteiger partial charge on any atom is -0.358 e. The summed E-state index contributed by atoms with van der Waals surface area (Å²) in [5.41, 5.74) is 5.73. The lowest BCUT2D eigenvalue weighted by Gasteiger charge is -2.23. The van der Waals surface area contributed by atoms with Crippen LogP contribution < -0.4 is 10.6 Å². The second-order valence-corrected chi connectivity index (χ2v) is 8.09. The normalized spacial score (nSPS) is 16.6. The molecule has 1 amide bonds. The minimum absolute atomic E-state index is 0.0415. The SMILES string of the molecule is CCCNC1CCc2[nH]c3ccc(C(=O)Nc4cc(C)cs4)cc3c2C1. The van der Waals surface area contributed by atoms with Gasteiger partial charge in [-0.3, -0.25) is 4.79 Å². The maximum absolute atomic E-state index is 12.6. The van der Waals surface area contributed by atoms with Crippen molar-refractivity contribution in [3.8, 4) is 0 Å². The van der Waals surface area contributed by atoms with Crippen molar-refractivity contribution in [2.45, 2.75) is 45.6 Å². The minimum atomic E-state index is -0.0415. The van der Waals surface area contributed by atoms with Gasteiger partial charge in [-0.1, -0.05) is 6.92 Å². The van der Waals surface area contributed by atoms with Gasteiger partial charge >= 0.3 is 0 Å². The number of carbonyl (C=O) groups is 1. The Morgan fingerprint density at radius 2 is 2.23 bits per heavy atom. The molecule has 0 saturated heterocycles. The van der Waals surface area contributed by atoms with Gasteiger partial charge in [0.25, 0.3) is 5.91 Å². The summed E-state index contributed by atoms with van der Waals surface area (Å²) < 4.78 is 0. The van der Waals surface area contributed by atoms with E-state index in [-0.39, 0.29) is 5.91 Å². The predicted octanol–water partition coefficient (Wildman–Crippen LogP) is 4.65. The molecule has 2 heterocycles. The molecule has 3 N–H and O–H groups in total. The van der Waals surface area contributed by atoms with E-state index in [4.69, 9.17) is 0 Å². The Kier molecular flexibility index (Phi) is 4.83. The van der Waals surface area contributed by atoms with Gasteiger partial charge in [0.2, 0.25) is 0 Å². The zero-order chi connectivity index (χ0) is 18.1. The first-order valence-electron chi connectivity index (χ1n) is 9.37. The van der Waals surface area contributed by atoms with E-state index in [1.165, 1.54) is 28.6 Å². The number of rotatable bonds is 5. The third-order valence-electron chi connectivity index (χ3n) is 5.10. The number of aromatic nitrogens is 1. The van der Waals surface area contributed by atoms with Gasteiger partial charge in [-0.2, -0.15) is 0 Å². The van der Waals surface area contributed by atoms with E-state index < -0.39 is 0 Å². The van der Waals surface area contributed by atoms with Crippen LogP contribution in [0.15, 0.2) is 29.6 Å². The molecule has 3 aromatic rings. The summed E-state index contributed by atoms with van der Waals surface area (Å²) in [4.78, 5) is 16.2. The predicted molar refractivity (Wildman–Crippen MR) is 109 cm³/mol. The van der Waals surface area contributed by atoms with Gasteiger partial charge < -0.3 is 15.6 Å². The van der Waals surface area contributed by atoms with E-state index in [9.17, 15) is 4.79 Å². The summed E-state index contributed by atoms with van der Waals surface area (Å²) in [6, 6.07) is 8.53. The highest BCUT2D eigenvalue weighted by molar-refractivity contribution is 7.14. The van der Waals surface area contributed by atoms with Crippen LogP contribution in [0.1, 0.15) is 46.9 Å². The van der Waals surface area contributed by atoms with Gasteiger partial charge in [-0.05, 0) is 79.9 Å². The number of H-pyrrole nitrogens is 1. The number of thiophene rings is 1. The molecular weight excluding hydrogens is 342 g/mol. The van der Waals surface area contributed by atoms with Gasteiger partial charge in [0.1, 0.15) is 0 Å². The van der Waals surface area contributed by atoms with Crippen LogP contribution in [0.3, 0.4) is 0 Å². The van der Waals surface area contributed by atoms with Crippen molar-refractivity contribution in [1.29, 1.82) is 0 Å². The van der Waals surface area contributed by atoms with Gasteiger partial charge in [-0.15, -0.1) is 11.3 Å². The quantitative estimate of drug-likeness (QED) is 0.615. The average Bonchev–Trinajstić information content (AvgIpc) is 3.22. The number of benzene rings is 1. The topological polar surface area (TPSA) is 56.9 Å². The summed E-state index contributed by atoms with van der Waals surface area (Å²) in [5.74, 6) is -0.0415. The molecule has 4 rings (SSSR count). The summed E-state index contributed by atoms with van der Waals surface area (Å²) in [7, 11) is 0. The number of nitrogens with one attached hydrogen (secondary N) is 3. The Balaban J connectivity index is 1.59. The van der Waals surface area contributed by atoms with Crippen molar-refractivity contribution in [2.24, 2.45) is 0 Å². The van der Waals surface area contributed by atoms with E-state index in [0.29, 0.717) is 11.6 Å². The molecule has 1 atom stereocenters. The summed E-state index contributed by atoms with van der Waals surface area (Å²) in [6.45, 7) is 5.30. The van der Waals surface area contributed by atoms with Crippen LogP contribution in [0.5, 0.6) is 0 Å². The molecule has 136 valence electrons. The number of carbonyl (C=O) groups excluding carboxylic acids is 1. The van der Waals surface area contributed by atoms with E-state index in [1.807, 2.05) is 36.6 Å². The first-order chi connectivity index (χ1) is 12.6. The van der Waals surface area contributed by atoms with E-state index in [0.717, 1.165) is 36.3 Å². The Morgan fingerprint density at radius 3 is 3.00 bits per heavy atom. The number of amides is 1. The number of anilines is 1. The number of aryl methyl sites for hydroxylation is 2. The van der Waals surface area contributed by atoms with Crippen molar-refractivity contribution < 1.29 is 4.79 Å². The Labute approximate surface area is 158 Å². The lowest BCUT2D eigenvalue weighted by Crippen LogP contribution is -2.34. The second-order valence-electron chi connectivity index (χ2n) is 7.18. The maximum atomic E-state index is 12.6. The maximum Gasteiger partial charge on any atom is 0.256 e. The van der Waals surface area contributed by atoms with Crippen LogP contribution in [-0.4, -0.2) is 23.5 Å². The molecule has 1 aromatic carbocycles. The number of hydrogen-bond donors (Lipinski definition) is 3. The molecule has 1 aliphatic rings. The first-order valence-corrected chi connectivity index (χ1v) is 10.3. The van der Waals surface area contributed by atoms with E-state index in [1.54, 1.807) is 11.3 Å². The van der Waals surface area contributed by atoms with E-state index in [2.05, 4.69) is 22.5 Å². The molecule has 26 heavy (non-hydrogen) atoms. The highest BCUT2D eigenvalue weighted by atomic mass is 32.1.